The Morgan fingerprint density at radius 1 is 1.58 bits per heavy atom. The van der Waals surface area contributed by atoms with E-state index in [4.69, 9.17) is 0 Å². The number of aryl methyl sites for hydroxylation is 1. The number of carbonyl (C=O) groups is 1. The molecule has 1 aromatic rings. The molecule has 1 amide bonds. The molecule has 2 N–H and O–H groups in total. The fourth-order valence-corrected chi connectivity index (χ4v) is 1.05. The zero-order valence-electron chi connectivity index (χ0n) is 6.59. The molecular weight excluding hydrogens is 156 g/mol. The van der Waals surface area contributed by atoms with E-state index in [1.165, 1.54) is 0 Å². The van der Waals surface area contributed by atoms with Crippen LogP contribution < -0.4 is 10.6 Å². The van der Waals surface area contributed by atoms with E-state index in [9.17, 15) is 4.79 Å². The van der Waals surface area contributed by atoms with Gasteiger partial charge in [0.25, 0.3) is 0 Å². The fraction of sp³-hybridized carbons (Fsp3) is 0.286. The van der Waals surface area contributed by atoms with Crippen LogP contribution in [0.5, 0.6) is 0 Å². The Morgan fingerprint density at radius 3 is 3.25 bits per heavy atom. The van der Waals surface area contributed by atoms with Crippen molar-refractivity contribution >= 4 is 17.4 Å². The van der Waals surface area contributed by atoms with Crippen LogP contribution in [0, 0.1) is 6.92 Å². The van der Waals surface area contributed by atoms with E-state index in [0.29, 0.717) is 18.2 Å². The lowest BCUT2D eigenvalue weighted by molar-refractivity contribution is -0.114. The minimum Gasteiger partial charge on any atom is -0.372 e. The van der Waals surface area contributed by atoms with Gasteiger partial charge in [0.1, 0.15) is 5.82 Å². The number of rotatable bonds is 0. The first-order valence-electron chi connectivity index (χ1n) is 3.63. The Bertz CT molecular complexity index is 336. The van der Waals surface area contributed by atoms with Crippen LogP contribution >= 0.6 is 0 Å². The third kappa shape index (κ3) is 1.09. The number of fused-ring (bicyclic) bond motifs is 1. The minimum atomic E-state index is -0.0689. The summed E-state index contributed by atoms with van der Waals surface area (Å²) in [5, 5.41) is 5.55. The number of hydrogen-bond acceptors (Lipinski definition) is 4. The minimum absolute atomic E-state index is 0.0689. The zero-order valence-corrected chi connectivity index (χ0v) is 6.59. The summed E-state index contributed by atoms with van der Waals surface area (Å²) in [6, 6.07) is 0. The Morgan fingerprint density at radius 2 is 2.42 bits per heavy atom. The van der Waals surface area contributed by atoms with Crippen molar-refractivity contribution in [3.05, 3.63) is 12.0 Å². The lowest BCUT2D eigenvalue weighted by atomic mass is 10.3. The highest BCUT2D eigenvalue weighted by atomic mass is 16.2. The quantitative estimate of drug-likeness (QED) is 0.572. The first-order valence-corrected chi connectivity index (χ1v) is 3.63. The lowest BCUT2D eigenvalue weighted by Gasteiger charge is -2.16. The van der Waals surface area contributed by atoms with Crippen LogP contribution in [0.3, 0.4) is 0 Å². The summed E-state index contributed by atoms with van der Waals surface area (Å²) in [7, 11) is 0. The highest BCUT2D eigenvalue weighted by Crippen LogP contribution is 2.19. The van der Waals surface area contributed by atoms with Crippen LogP contribution in [0.15, 0.2) is 6.20 Å². The Kier molecular flexibility index (Phi) is 1.43. The molecule has 0 radical (unpaired) electrons. The molecular formula is C7H8N4O. The van der Waals surface area contributed by atoms with Gasteiger partial charge in [-0.2, -0.15) is 0 Å². The van der Waals surface area contributed by atoms with Gasteiger partial charge >= 0.3 is 0 Å². The Labute approximate surface area is 69.2 Å². The summed E-state index contributed by atoms with van der Waals surface area (Å²) in [5.74, 6) is 1.15. The maximum Gasteiger partial charge on any atom is 0.244 e. The van der Waals surface area contributed by atoms with Crippen molar-refractivity contribution in [2.75, 3.05) is 17.2 Å². The second kappa shape index (κ2) is 2.44. The summed E-state index contributed by atoms with van der Waals surface area (Å²) in [6.07, 6.45) is 1.66. The van der Waals surface area contributed by atoms with Crippen LogP contribution in [0.4, 0.5) is 11.5 Å². The summed E-state index contributed by atoms with van der Waals surface area (Å²) in [4.78, 5) is 19.0. The molecule has 0 unspecified atom stereocenters. The van der Waals surface area contributed by atoms with Crippen molar-refractivity contribution in [2.24, 2.45) is 0 Å². The Balaban J connectivity index is 2.44. The number of aromatic nitrogens is 2. The second-order valence-electron chi connectivity index (χ2n) is 2.58. The van der Waals surface area contributed by atoms with Gasteiger partial charge in [-0.25, -0.2) is 9.97 Å². The van der Waals surface area contributed by atoms with E-state index in [-0.39, 0.29) is 5.91 Å². The van der Waals surface area contributed by atoms with Gasteiger partial charge in [0.15, 0.2) is 5.82 Å². The van der Waals surface area contributed by atoms with Gasteiger partial charge in [-0.15, -0.1) is 0 Å². The van der Waals surface area contributed by atoms with E-state index >= 15 is 0 Å². The van der Waals surface area contributed by atoms with Crippen molar-refractivity contribution < 1.29 is 4.79 Å². The molecule has 0 aromatic carbocycles. The molecule has 1 aliphatic heterocycles. The van der Waals surface area contributed by atoms with Gasteiger partial charge in [-0.1, -0.05) is 0 Å². The molecule has 2 rings (SSSR count). The molecule has 0 saturated heterocycles. The van der Waals surface area contributed by atoms with E-state index < -0.39 is 0 Å². The number of carbonyl (C=O) groups excluding carboxylic acids is 1. The first kappa shape index (κ1) is 7.02. The van der Waals surface area contributed by atoms with Crippen molar-refractivity contribution in [1.82, 2.24) is 9.97 Å². The molecule has 12 heavy (non-hydrogen) atoms. The predicted molar refractivity (Wildman–Crippen MR) is 43.9 cm³/mol. The molecule has 1 aromatic heterocycles. The lowest BCUT2D eigenvalue weighted by Crippen LogP contribution is -2.28. The number of hydrogen-bond donors (Lipinski definition) is 2. The maximum absolute atomic E-state index is 10.9. The molecule has 0 saturated carbocycles. The van der Waals surface area contributed by atoms with Crippen LogP contribution in [0.1, 0.15) is 5.82 Å². The van der Waals surface area contributed by atoms with Crippen molar-refractivity contribution in [2.45, 2.75) is 6.92 Å². The Hall–Kier alpha value is -1.65. The molecule has 0 fully saturated rings. The van der Waals surface area contributed by atoms with Gasteiger partial charge < -0.3 is 10.6 Å². The summed E-state index contributed by atoms with van der Waals surface area (Å²) in [5.41, 5.74) is 0.778. The largest absolute Gasteiger partial charge is 0.372 e. The predicted octanol–water partition coefficient (Wildman–Crippen LogP) is 0.149. The molecule has 0 aliphatic carbocycles. The average molecular weight is 164 g/mol. The maximum atomic E-state index is 10.9. The molecule has 5 heteroatoms. The molecule has 62 valence electrons. The monoisotopic (exact) mass is 164 g/mol. The number of nitrogens with zero attached hydrogens (tertiary/aromatic N) is 2. The van der Waals surface area contributed by atoms with Gasteiger partial charge in [-0.05, 0) is 6.92 Å². The topological polar surface area (TPSA) is 66.9 Å². The van der Waals surface area contributed by atoms with E-state index in [2.05, 4.69) is 20.6 Å². The van der Waals surface area contributed by atoms with Crippen LogP contribution in [0.25, 0.3) is 0 Å². The number of anilines is 2. The third-order valence-electron chi connectivity index (χ3n) is 1.61. The van der Waals surface area contributed by atoms with Crippen LogP contribution in [-0.2, 0) is 4.79 Å². The normalized spacial score (nSPS) is 14.6. The zero-order chi connectivity index (χ0) is 8.55. The van der Waals surface area contributed by atoms with Crippen molar-refractivity contribution in [3.63, 3.8) is 0 Å². The standard InChI is InChI=1S/C7H8N4O/c1-4-8-2-5-7(10-4)11-6(12)3-9-5/h2,9H,3H2,1H3,(H,8,10,11,12). The van der Waals surface area contributed by atoms with Crippen molar-refractivity contribution in [3.8, 4) is 0 Å². The third-order valence-corrected chi connectivity index (χ3v) is 1.61. The number of nitrogens with one attached hydrogen (secondary N) is 2. The van der Waals surface area contributed by atoms with Crippen molar-refractivity contribution in [1.29, 1.82) is 0 Å². The summed E-state index contributed by atoms with van der Waals surface area (Å²) < 4.78 is 0. The van der Waals surface area contributed by atoms with E-state index in [1.807, 2.05) is 0 Å². The van der Waals surface area contributed by atoms with E-state index in [0.717, 1.165) is 5.69 Å². The molecule has 0 spiro atoms. The van der Waals surface area contributed by atoms with E-state index in [1.54, 1.807) is 13.1 Å². The van der Waals surface area contributed by atoms with Gasteiger partial charge in [0.2, 0.25) is 5.91 Å². The highest BCUT2D eigenvalue weighted by molar-refractivity contribution is 5.98. The highest BCUT2D eigenvalue weighted by Gasteiger charge is 2.14. The smallest absolute Gasteiger partial charge is 0.244 e. The van der Waals surface area contributed by atoms with Gasteiger partial charge in [0, 0.05) is 0 Å². The average Bonchev–Trinajstić information content (AvgIpc) is 2.03. The van der Waals surface area contributed by atoms with Crippen LogP contribution in [0.2, 0.25) is 0 Å². The SMILES string of the molecule is Cc1ncc2c(n1)NC(=O)CN2. The second-order valence-corrected chi connectivity index (χ2v) is 2.58. The van der Waals surface area contributed by atoms with Crippen LogP contribution in [-0.4, -0.2) is 22.4 Å². The molecule has 0 atom stereocenters. The number of amides is 1. The summed E-state index contributed by atoms with van der Waals surface area (Å²) in [6.45, 7) is 2.07. The molecule has 0 bridgehead atoms. The molecule has 2 heterocycles. The van der Waals surface area contributed by atoms with Gasteiger partial charge in [-0.3, -0.25) is 4.79 Å². The molecule has 5 nitrogen and oxygen atoms in total. The first-order chi connectivity index (χ1) is 5.75. The fourth-order valence-electron chi connectivity index (χ4n) is 1.05. The van der Waals surface area contributed by atoms with Gasteiger partial charge in [0.05, 0.1) is 18.4 Å². The summed E-state index contributed by atoms with van der Waals surface area (Å²) >= 11 is 0. The molecule has 1 aliphatic rings.